The van der Waals surface area contributed by atoms with Gasteiger partial charge in [-0.15, -0.1) is 10.2 Å². The maximum absolute atomic E-state index is 11.1. The molecule has 10 heteroatoms. The monoisotopic (exact) mass is 405 g/mol. The van der Waals surface area contributed by atoms with Crippen molar-refractivity contribution in [2.45, 2.75) is 6.92 Å². The topological polar surface area (TPSA) is 104 Å². The van der Waals surface area contributed by atoms with E-state index in [1.165, 1.54) is 12.1 Å². The number of nitrogens with zero attached hydrogens (tertiary/aromatic N) is 7. The van der Waals surface area contributed by atoms with Gasteiger partial charge >= 0.3 is 0 Å². The van der Waals surface area contributed by atoms with E-state index in [1.807, 2.05) is 25.1 Å². The molecule has 29 heavy (non-hydrogen) atoms. The fourth-order valence-electron chi connectivity index (χ4n) is 3.18. The highest BCUT2D eigenvalue weighted by atomic mass is 35.5. The second-order valence-corrected chi connectivity index (χ2v) is 6.90. The molecule has 142 valence electrons. The van der Waals surface area contributed by atoms with Gasteiger partial charge in [-0.2, -0.15) is 5.10 Å². The molecule has 0 saturated heterocycles. The van der Waals surface area contributed by atoms with E-state index in [4.69, 9.17) is 11.6 Å². The van der Waals surface area contributed by atoms with Crippen LogP contribution in [0.15, 0.2) is 55.0 Å². The first kappa shape index (κ1) is 17.3. The Hall–Kier alpha value is -3.85. The largest absolute Gasteiger partial charge is 0.270 e. The number of benzene rings is 2. The van der Waals surface area contributed by atoms with E-state index in [-0.39, 0.29) is 5.69 Å². The molecule has 5 rings (SSSR count). The zero-order valence-corrected chi connectivity index (χ0v) is 15.8. The van der Waals surface area contributed by atoms with E-state index in [1.54, 1.807) is 33.7 Å². The number of hydrogen-bond donors (Lipinski definition) is 0. The van der Waals surface area contributed by atoms with Crippen molar-refractivity contribution in [3.63, 3.8) is 0 Å². The molecule has 0 amide bonds. The summed E-state index contributed by atoms with van der Waals surface area (Å²) < 4.78 is 3.37. The molecule has 0 unspecified atom stereocenters. The van der Waals surface area contributed by atoms with Crippen molar-refractivity contribution < 1.29 is 4.92 Å². The summed E-state index contributed by atoms with van der Waals surface area (Å²) in [5.41, 5.74) is 3.48. The number of non-ortho nitro benzene ring substituents is 1. The number of nitro benzene ring substituents is 1. The van der Waals surface area contributed by atoms with Crippen molar-refractivity contribution in [2.75, 3.05) is 0 Å². The van der Waals surface area contributed by atoms with E-state index in [0.29, 0.717) is 33.1 Å². The maximum Gasteiger partial charge on any atom is 0.270 e. The van der Waals surface area contributed by atoms with Gasteiger partial charge in [-0.3, -0.25) is 14.5 Å². The molecule has 2 aromatic carbocycles. The number of nitro groups is 1. The molecule has 0 fully saturated rings. The van der Waals surface area contributed by atoms with E-state index in [9.17, 15) is 10.1 Å². The average Bonchev–Trinajstić information content (AvgIpc) is 3.34. The number of aryl methyl sites for hydroxylation is 1. The van der Waals surface area contributed by atoms with Crippen LogP contribution in [0.5, 0.6) is 0 Å². The lowest BCUT2D eigenvalue weighted by Gasteiger charge is -2.05. The minimum absolute atomic E-state index is 0.0163. The fraction of sp³-hybridized carbons (Fsp3) is 0.0526. The van der Waals surface area contributed by atoms with Gasteiger partial charge in [0.1, 0.15) is 6.33 Å². The van der Waals surface area contributed by atoms with Crippen LogP contribution in [0.25, 0.3) is 33.8 Å². The highest BCUT2D eigenvalue weighted by Gasteiger charge is 2.17. The van der Waals surface area contributed by atoms with Crippen LogP contribution in [0.3, 0.4) is 0 Å². The first-order chi connectivity index (χ1) is 14.0. The van der Waals surface area contributed by atoms with E-state index < -0.39 is 4.92 Å². The molecule has 0 atom stereocenters. The predicted octanol–water partition coefficient (Wildman–Crippen LogP) is 4.00. The Balaban J connectivity index is 1.68. The third-order valence-corrected chi connectivity index (χ3v) is 5.10. The van der Waals surface area contributed by atoms with Gasteiger partial charge in [-0.25, -0.2) is 9.67 Å². The lowest BCUT2D eigenvalue weighted by molar-refractivity contribution is -0.384. The number of hydrogen-bond acceptors (Lipinski definition) is 6. The summed E-state index contributed by atoms with van der Waals surface area (Å²) in [4.78, 5) is 15.1. The Morgan fingerprint density at radius 1 is 1.10 bits per heavy atom. The van der Waals surface area contributed by atoms with Crippen molar-refractivity contribution in [3.8, 4) is 17.1 Å². The molecule has 0 bridgehead atoms. The fourth-order valence-corrected chi connectivity index (χ4v) is 3.35. The van der Waals surface area contributed by atoms with Gasteiger partial charge in [0, 0.05) is 22.7 Å². The maximum atomic E-state index is 11.1. The Labute approximate surface area is 168 Å². The van der Waals surface area contributed by atoms with E-state index in [0.717, 1.165) is 11.3 Å². The summed E-state index contributed by atoms with van der Waals surface area (Å²) in [5.74, 6) is 0.462. The Morgan fingerprint density at radius 3 is 2.76 bits per heavy atom. The quantitative estimate of drug-likeness (QED) is 0.332. The van der Waals surface area contributed by atoms with Crippen LogP contribution in [0.2, 0.25) is 5.02 Å². The summed E-state index contributed by atoms with van der Waals surface area (Å²) in [6.07, 6.45) is 3.25. The Morgan fingerprint density at radius 2 is 1.97 bits per heavy atom. The first-order valence-corrected chi connectivity index (χ1v) is 8.99. The van der Waals surface area contributed by atoms with Crippen LogP contribution in [-0.2, 0) is 0 Å². The summed E-state index contributed by atoms with van der Waals surface area (Å²) >= 11 is 6.25. The molecular formula is C19H12ClN7O2. The first-order valence-electron chi connectivity index (χ1n) is 8.62. The number of rotatable bonds is 3. The van der Waals surface area contributed by atoms with Gasteiger partial charge < -0.3 is 0 Å². The van der Waals surface area contributed by atoms with Gasteiger partial charge in [-0.1, -0.05) is 29.8 Å². The Bertz CT molecular complexity index is 1420. The highest BCUT2D eigenvalue weighted by Crippen LogP contribution is 2.27. The van der Waals surface area contributed by atoms with Crippen molar-refractivity contribution >= 4 is 34.0 Å². The van der Waals surface area contributed by atoms with Crippen LogP contribution in [0, 0.1) is 17.0 Å². The number of halogens is 1. The van der Waals surface area contributed by atoms with Crippen LogP contribution in [0.1, 0.15) is 5.56 Å². The van der Waals surface area contributed by atoms with Crippen LogP contribution in [0.4, 0.5) is 5.69 Å². The third-order valence-electron chi connectivity index (χ3n) is 4.69. The number of aromatic nitrogens is 6. The van der Waals surface area contributed by atoms with Crippen LogP contribution >= 0.6 is 11.6 Å². The summed E-state index contributed by atoms with van der Waals surface area (Å²) in [6.45, 7) is 1.93. The van der Waals surface area contributed by atoms with Gasteiger partial charge in [0.2, 0.25) is 0 Å². The molecule has 0 aliphatic rings. The molecule has 0 N–H and O–H groups in total. The van der Waals surface area contributed by atoms with Gasteiger partial charge in [0.05, 0.1) is 22.2 Å². The second-order valence-electron chi connectivity index (χ2n) is 6.50. The van der Waals surface area contributed by atoms with Crippen LogP contribution in [-0.4, -0.2) is 34.3 Å². The third kappa shape index (κ3) is 2.71. The minimum Gasteiger partial charge on any atom is -0.265 e. The molecular weight excluding hydrogens is 394 g/mol. The molecule has 0 saturated carbocycles. The molecule has 3 heterocycles. The molecule has 0 aliphatic carbocycles. The van der Waals surface area contributed by atoms with Crippen molar-refractivity contribution in [2.24, 2.45) is 0 Å². The average molecular weight is 406 g/mol. The molecule has 3 aromatic heterocycles. The predicted molar refractivity (Wildman–Crippen MR) is 107 cm³/mol. The van der Waals surface area contributed by atoms with Gasteiger partial charge in [0.25, 0.3) is 5.69 Å². The highest BCUT2D eigenvalue weighted by molar-refractivity contribution is 6.31. The normalized spacial score (nSPS) is 11.4. The van der Waals surface area contributed by atoms with Crippen molar-refractivity contribution in [1.29, 1.82) is 0 Å². The summed E-state index contributed by atoms with van der Waals surface area (Å²) in [7, 11) is 0. The van der Waals surface area contributed by atoms with E-state index >= 15 is 0 Å². The summed E-state index contributed by atoms with van der Waals surface area (Å²) in [6, 6.07) is 11.9. The molecule has 9 nitrogen and oxygen atoms in total. The molecule has 0 aliphatic heterocycles. The minimum atomic E-state index is -0.445. The Kier molecular flexibility index (Phi) is 3.78. The van der Waals surface area contributed by atoms with Crippen molar-refractivity contribution in [3.05, 3.63) is 75.7 Å². The molecule has 0 spiro atoms. The molecule has 0 radical (unpaired) electrons. The van der Waals surface area contributed by atoms with Crippen LogP contribution < -0.4 is 0 Å². The zero-order valence-electron chi connectivity index (χ0n) is 15.0. The second kappa shape index (κ2) is 6.35. The smallest absolute Gasteiger partial charge is 0.265 e. The van der Waals surface area contributed by atoms with E-state index in [2.05, 4.69) is 20.3 Å². The lowest BCUT2D eigenvalue weighted by atomic mass is 10.2. The van der Waals surface area contributed by atoms with Gasteiger partial charge in [0.15, 0.2) is 17.1 Å². The zero-order chi connectivity index (χ0) is 20.1. The lowest BCUT2D eigenvalue weighted by Crippen LogP contribution is -1.99. The molecule has 5 aromatic rings. The van der Waals surface area contributed by atoms with Crippen molar-refractivity contribution in [1.82, 2.24) is 29.4 Å². The summed E-state index contributed by atoms with van der Waals surface area (Å²) in [5, 5.41) is 25.3. The van der Waals surface area contributed by atoms with Gasteiger partial charge in [-0.05, 0) is 24.6 Å². The SMILES string of the molecule is Cc1ccc(-n2ncc3c2ncn2c(-c4cccc([N+](=O)[O-])c4)nnc32)cc1Cl. The standard InChI is InChI=1S/C19H12ClN7O2/c1-11-5-6-13(8-16(11)20)26-18-15(9-22-26)19-24-23-17(25(19)10-21-18)12-3-2-4-14(7-12)27(28)29/h2-10H,1H3. The number of fused-ring (bicyclic) bond motifs is 3.